The van der Waals surface area contributed by atoms with Crippen LogP contribution in [-0.4, -0.2) is 41.5 Å². The third kappa shape index (κ3) is 3.28. The molecule has 1 saturated heterocycles. The Morgan fingerprint density at radius 3 is 2.64 bits per heavy atom. The normalized spacial score (nSPS) is 14.8. The zero-order valence-corrected chi connectivity index (χ0v) is 14.6. The van der Waals surface area contributed by atoms with Crippen LogP contribution in [0, 0.1) is 5.41 Å². The number of aromatic nitrogens is 2. The van der Waals surface area contributed by atoms with Crippen LogP contribution in [0.4, 0.5) is 0 Å². The van der Waals surface area contributed by atoms with E-state index < -0.39 is 0 Å². The Morgan fingerprint density at radius 1 is 1.12 bits per heavy atom. The highest BCUT2D eigenvalue weighted by atomic mass is 15.2. The first-order chi connectivity index (χ1) is 12.2. The van der Waals surface area contributed by atoms with Crippen LogP contribution in [0.1, 0.15) is 11.1 Å². The van der Waals surface area contributed by atoms with Crippen molar-refractivity contribution < 1.29 is 4.57 Å². The van der Waals surface area contributed by atoms with Crippen LogP contribution in [0.25, 0.3) is 10.9 Å². The minimum atomic E-state index is 0.631. The smallest absolute Gasteiger partial charge is 0.177 e. The molecule has 4 rings (SSSR count). The number of benzene rings is 1. The molecule has 1 aliphatic rings. The number of amidine groups is 1. The van der Waals surface area contributed by atoms with E-state index in [-0.39, 0.29) is 0 Å². The highest BCUT2D eigenvalue weighted by Crippen LogP contribution is 2.16. The lowest BCUT2D eigenvalue weighted by atomic mass is 10.1. The number of hydrogen-bond donors (Lipinski definition) is 2. The molecule has 0 saturated carbocycles. The molecule has 1 aromatic carbocycles. The molecule has 0 bridgehead atoms. The number of hydrogen-bond acceptors (Lipinski definition) is 2. The summed E-state index contributed by atoms with van der Waals surface area (Å²) in [7, 11) is 2.04. The lowest BCUT2D eigenvalue weighted by Gasteiger charge is -2.29. The van der Waals surface area contributed by atoms with Gasteiger partial charge in [0.15, 0.2) is 12.4 Å². The summed E-state index contributed by atoms with van der Waals surface area (Å²) < 4.78 is 4.34. The molecule has 2 N–H and O–H groups in total. The Labute approximate surface area is 148 Å². The Bertz CT molecular complexity index is 888. The number of rotatable bonds is 3. The Kier molecular flexibility index (Phi) is 4.24. The van der Waals surface area contributed by atoms with Gasteiger partial charge >= 0.3 is 0 Å². The molecule has 0 atom stereocenters. The maximum absolute atomic E-state index is 8.41. The number of fused-ring (bicyclic) bond motifs is 1. The second-order valence-corrected chi connectivity index (χ2v) is 6.68. The van der Waals surface area contributed by atoms with Crippen molar-refractivity contribution in [3.63, 3.8) is 0 Å². The monoisotopic (exact) mass is 334 g/mol. The van der Waals surface area contributed by atoms with Crippen molar-refractivity contribution in [1.29, 1.82) is 5.41 Å². The second kappa shape index (κ2) is 6.69. The van der Waals surface area contributed by atoms with Crippen molar-refractivity contribution in [3.05, 3.63) is 66.1 Å². The van der Waals surface area contributed by atoms with Crippen LogP contribution in [0.3, 0.4) is 0 Å². The predicted molar refractivity (Wildman–Crippen MR) is 99.9 cm³/mol. The summed E-state index contributed by atoms with van der Waals surface area (Å²) >= 11 is 0. The fourth-order valence-corrected chi connectivity index (χ4v) is 3.43. The number of aryl methyl sites for hydroxylation is 1. The summed E-state index contributed by atoms with van der Waals surface area (Å²) in [5, 5.41) is 13.0. The first kappa shape index (κ1) is 15.8. The number of nitrogens with zero attached hydrogens (tertiary/aromatic N) is 3. The Hall–Kier alpha value is -2.66. The van der Waals surface area contributed by atoms with E-state index in [1.54, 1.807) is 0 Å². The Morgan fingerprint density at radius 2 is 1.88 bits per heavy atom. The van der Waals surface area contributed by atoms with E-state index in [2.05, 4.69) is 74.3 Å². The van der Waals surface area contributed by atoms with Gasteiger partial charge in [0.1, 0.15) is 12.9 Å². The van der Waals surface area contributed by atoms with Crippen molar-refractivity contribution >= 4 is 16.7 Å². The van der Waals surface area contributed by atoms with Crippen LogP contribution in [-0.2, 0) is 13.6 Å². The number of pyridine rings is 1. The molecule has 128 valence electrons. The quantitative estimate of drug-likeness (QED) is 0.435. The summed E-state index contributed by atoms with van der Waals surface area (Å²) in [4.78, 5) is 2.14. The first-order valence-electron chi connectivity index (χ1n) is 8.78. The van der Waals surface area contributed by atoms with Gasteiger partial charge in [-0.05, 0) is 11.6 Å². The third-order valence-corrected chi connectivity index (χ3v) is 4.86. The minimum Gasteiger partial charge on any atom is -0.354 e. The summed E-state index contributed by atoms with van der Waals surface area (Å²) in [5.41, 5.74) is 3.49. The van der Waals surface area contributed by atoms with E-state index >= 15 is 0 Å². The largest absolute Gasteiger partial charge is 0.354 e. The van der Waals surface area contributed by atoms with Gasteiger partial charge in [0.2, 0.25) is 0 Å². The van der Waals surface area contributed by atoms with Gasteiger partial charge in [0, 0.05) is 50.6 Å². The maximum atomic E-state index is 8.41. The van der Waals surface area contributed by atoms with E-state index in [4.69, 9.17) is 5.41 Å². The van der Waals surface area contributed by atoms with E-state index in [0.717, 1.165) is 38.3 Å². The number of piperazine rings is 1. The molecule has 0 unspecified atom stereocenters. The van der Waals surface area contributed by atoms with Crippen LogP contribution in [0.15, 0.2) is 55.0 Å². The molecule has 2 aromatic heterocycles. The van der Waals surface area contributed by atoms with E-state index in [1.807, 2.05) is 7.05 Å². The van der Waals surface area contributed by atoms with E-state index in [1.165, 1.54) is 16.5 Å². The zero-order chi connectivity index (χ0) is 17.2. The zero-order valence-electron chi connectivity index (χ0n) is 14.6. The van der Waals surface area contributed by atoms with Gasteiger partial charge in [-0.1, -0.05) is 24.3 Å². The molecule has 5 nitrogen and oxygen atoms in total. The van der Waals surface area contributed by atoms with Gasteiger partial charge in [-0.15, -0.1) is 0 Å². The van der Waals surface area contributed by atoms with Crippen LogP contribution in [0.5, 0.6) is 0 Å². The van der Waals surface area contributed by atoms with Crippen LogP contribution >= 0.6 is 0 Å². The topological polar surface area (TPSA) is 47.9 Å². The molecule has 0 radical (unpaired) electrons. The molecule has 3 heterocycles. The van der Waals surface area contributed by atoms with Crippen molar-refractivity contribution in [3.8, 4) is 0 Å². The van der Waals surface area contributed by atoms with Crippen LogP contribution in [0.2, 0.25) is 0 Å². The number of nitrogens with one attached hydrogen (secondary N) is 2. The summed E-state index contributed by atoms with van der Waals surface area (Å²) in [6.45, 7) is 4.58. The van der Waals surface area contributed by atoms with Gasteiger partial charge in [-0.3, -0.25) is 5.41 Å². The fourth-order valence-electron chi connectivity index (χ4n) is 3.43. The van der Waals surface area contributed by atoms with E-state index in [0.29, 0.717) is 5.84 Å². The lowest BCUT2D eigenvalue weighted by molar-refractivity contribution is -0.670. The first-order valence-corrected chi connectivity index (χ1v) is 8.78. The minimum absolute atomic E-state index is 0.631. The SMILES string of the molecule is C[n+]1ccc2c(ccn2Cc2ccc(C(=N)N3CCNCC3)cc2)c1. The third-order valence-electron chi connectivity index (χ3n) is 4.86. The van der Waals surface area contributed by atoms with Crippen molar-refractivity contribution in [2.24, 2.45) is 7.05 Å². The molecule has 1 aliphatic heterocycles. The summed E-state index contributed by atoms with van der Waals surface area (Å²) in [6.07, 6.45) is 6.36. The molecule has 0 aliphatic carbocycles. The van der Waals surface area contributed by atoms with Gasteiger partial charge < -0.3 is 14.8 Å². The predicted octanol–water partition coefficient (Wildman–Crippen LogP) is 1.74. The summed E-state index contributed by atoms with van der Waals surface area (Å²) in [5.74, 6) is 0.631. The Balaban J connectivity index is 1.50. The van der Waals surface area contributed by atoms with Crippen molar-refractivity contribution in [2.45, 2.75) is 6.54 Å². The molecule has 0 amide bonds. The molecular weight excluding hydrogens is 310 g/mol. The standard InChI is InChI=1S/C20H24N5/c1-23-10-7-19-18(15-23)6-11-25(19)14-16-2-4-17(5-3-16)20(21)24-12-8-22-9-13-24/h2-7,10-11,15,21-22H,8-9,12-14H2,1H3/q+1. The van der Waals surface area contributed by atoms with Gasteiger partial charge in [0.05, 0.1) is 10.9 Å². The molecule has 1 fully saturated rings. The average Bonchev–Trinajstić information content (AvgIpc) is 3.04. The molecule has 0 spiro atoms. The molecule has 5 heteroatoms. The summed E-state index contributed by atoms with van der Waals surface area (Å²) in [6, 6.07) is 12.7. The second-order valence-electron chi connectivity index (χ2n) is 6.68. The molecule has 3 aromatic rings. The van der Waals surface area contributed by atoms with E-state index in [9.17, 15) is 0 Å². The van der Waals surface area contributed by atoms with Gasteiger partial charge in [-0.2, -0.15) is 0 Å². The van der Waals surface area contributed by atoms with Crippen molar-refractivity contribution in [1.82, 2.24) is 14.8 Å². The van der Waals surface area contributed by atoms with Crippen molar-refractivity contribution in [2.75, 3.05) is 26.2 Å². The maximum Gasteiger partial charge on any atom is 0.177 e. The molecule has 25 heavy (non-hydrogen) atoms. The lowest BCUT2D eigenvalue weighted by Crippen LogP contribution is -2.46. The average molecular weight is 334 g/mol. The highest BCUT2D eigenvalue weighted by Gasteiger charge is 2.14. The fraction of sp³-hybridized carbons (Fsp3) is 0.300. The van der Waals surface area contributed by atoms with Gasteiger partial charge in [-0.25, -0.2) is 4.57 Å². The molecular formula is C20H24N5+. The highest BCUT2D eigenvalue weighted by molar-refractivity contribution is 5.96. The van der Waals surface area contributed by atoms with Crippen LogP contribution < -0.4 is 9.88 Å². The van der Waals surface area contributed by atoms with Gasteiger partial charge in [0.25, 0.3) is 0 Å².